The summed E-state index contributed by atoms with van der Waals surface area (Å²) in [6, 6.07) is 8.31. The van der Waals surface area contributed by atoms with E-state index in [1.165, 1.54) is 0 Å². The van der Waals surface area contributed by atoms with Gasteiger partial charge in [0.1, 0.15) is 5.69 Å². The van der Waals surface area contributed by atoms with Crippen molar-refractivity contribution in [3.63, 3.8) is 0 Å². The van der Waals surface area contributed by atoms with Gasteiger partial charge in [-0.3, -0.25) is 4.79 Å². The molecule has 1 atom stereocenters. The molecule has 2 aromatic rings. The van der Waals surface area contributed by atoms with Gasteiger partial charge in [0.05, 0.1) is 6.10 Å². The van der Waals surface area contributed by atoms with Crippen molar-refractivity contribution >= 4 is 29.1 Å². The van der Waals surface area contributed by atoms with E-state index in [1.54, 1.807) is 48.1 Å². The zero-order chi connectivity index (χ0) is 14.7. The van der Waals surface area contributed by atoms with Crippen LogP contribution in [-0.2, 0) is 7.05 Å². The molecule has 2 rings (SSSR count). The molecule has 0 saturated carbocycles. The average molecular weight is 313 g/mol. The molecule has 106 valence electrons. The third-order valence-corrected chi connectivity index (χ3v) is 3.34. The van der Waals surface area contributed by atoms with Crippen molar-refractivity contribution in [2.75, 3.05) is 6.54 Å². The maximum absolute atomic E-state index is 11.9. The van der Waals surface area contributed by atoms with E-state index in [-0.39, 0.29) is 12.5 Å². The minimum Gasteiger partial charge on any atom is -0.387 e. The highest BCUT2D eigenvalue weighted by atomic mass is 35.5. The molecule has 0 aliphatic heterocycles. The normalized spacial score (nSPS) is 12.2. The van der Waals surface area contributed by atoms with Crippen LogP contribution < -0.4 is 5.32 Å². The molecule has 2 N–H and O–H groups in total. The van der Waals surface area contributed by atoms with E-state index >= 15 is 0 Å². The minimum atomic E-state index is -0.865. The zero-order valence-electron chi connectivity index (χ0n) is 10.8. The Morgan fingerprint density at radius 2 is 2.00 bits per heavy atom. The molecule has 1 aromatic heterocycles. The van der Waals surface area contributed by atoms with Crippen LogP contribution in [-0.4, -0.2) is 22.1 Å². The van der Waals surface area contributed by atoms with Crippen LogP contribution in [0.5, 0.6) is 0 Å². The molecule has 0 spiro atoms. The van der Waals surface area contributed by atoms with Crippen molar-refractivity contribution in [1.82, 2.24) is 9.88 Å². The second-order valence-electron chi connectivity index (χ2n) is 4.43. The lowest BCUT2D eigenvalue weighted by Gasteiger charge is -2.13. The van der Waals surface area contributed by atoms with Crippen LogP contribution in [0.3, 0.4) is 0 Å². The van der Waals surface area contributed by atoms with Gasteiger partial charge in [-0.05, 0) is 35.9 Å². The van der Waals surface area contributed by atoms with Gasteiger partial charge in [-0.1, -0.05) is 23.2 Å². The van der Waals surface area contributed by atoms with Crippen molar-refractivity contribution in [2.24, 2.45) is 7.05 Å². The topological polar surface area (TPSA) is 54.3 Å². The Bertz CT molecular complexity index is 605. The second-order valence-corrected chi connectivity index (χ2v) is 5.31. The number of nitrogens with one attached hydrogen (secondary N) is 1. The van der Waals surface area contributed by atoms with E-state index in [2.05, 4.69) is 5.32 Å². The van der Waals surface area contributed by atoms with Gasteiger partial charge in [0.15, 0.2) is 0 Å². The third-order valence-electron chi connectivity index (χ3n) is 2.90. The van der Waals surface area contributed by atoms with E-state index in [1.807, 2.05) is 0 Å². The van der Waals surface area contributed by atoms with Gasteiger partial charge in [0, 0.05) is 29.8 Å². The second kappa shape index (κ2) is 6.31. The largest absolute Gasteiger partial charge is 0.387 e. The summed E-state index contributed by atoms with van der Waals surface area (Å²) in [5, 5.41) is 13.6. The molecule has 0 fully saturated rings. The van der Waals surface area contributed by atoms with Crippen molar-refractivity contribution in [1.29, 1.82) is 0 Å². The Morgan fingerprint density at radius 3 is 2.55 bits per heavy atom. The van der Waals surface area contributed by atoms with E-state index in [0.29, 0.717) is 21.3 Å². The van der Waals surface area contributed by atoms with Crippen molar-refractivity contribution in [2.45, 2.75) is 6.10 Å². The first-order valence-corrected chi connectivity index (χ1v) is 6.76. The number of aryl methyl sites for hydroxylation is 1. The fourth-order valence-corrected chi connectivity index (χ4v) is 2.41. The van der Waals surface area contributed by atoms with Gasteiger partial charge in [0.25, 0.3) is 5.91 Å². The molecule has 20 heavy (non-hydrogen) atoms. The molecule has 1 heterocycles. The monoisotopic (exact) mass is 312 g/mol. The van der Waals surface area contributed by atoms with Crippen molar-refractivity contribution in [3.05, 3.63) is 57.8 Å². The highest BCUT2D eigenvalue weighted by Gasteiger charge is 2.13. The van der Waals surface area contributed by atoms with Gasteiger partial charge in [0.2, 0.25) is 0 Å². The zero-order valence-corrected chi connectivity index (χ0v) is 12.3. The molecular weight excluding hydrogens is 299 g/mol. The Hall–Kier alpha value is -1.49. The summed E-state index contributed by atoms with van der Waals surface area (Å²) in [4.78, 5) is 11.9. The molecule has 4 nitrogen and oxygen atoms in total. The quantitative estimate of drug-likeness (QED) is 0.912. The van der Waals surface area contributed by atoms with Gasteiger partial charge in [-0.25, -0.2) is 0 Å². The Labute approximate surface area is 126 Å². The number of hydrogen-bond donors (Lipinski definition) is 2. The number of aliphatic hydroxyl groups is 1. The number of hydrogen-bond acceptors (Lipinski definition) is 2. The molecule has 6 heteroatoms. The third kappa shape index (κ3) is 3.54. The number of carbonyl (C=O) groups is 1. The maximum atomic E-state index is 11.9. The Morgan fingerprint density at radius 1 is 1.35 bits per heavy atom. The van der Waals surface area contributed by atoms with Crippen LogP contribution in [0, 0.1) is 0 Å². The number of carbonyl (C=O) groups excluding carboxylic acids is 1. The Kier molecular flexibility index (Phi) is 4.70. The van der Waals surface area contributed by atoms with E-state index in [0.717, 1.165) is 0 Å². The number of benzene rings is 1. The lowest BCUT2D eigenvalue weighted by atomic mass is 10.1. The summed E-state index contributed by atoms with van der Waals surface area (Å²) in [6.45, 7) is 0.0840. The summed E-state index contributed by atoms with van der Waals surface area (Å²) < 4.78 is 1.71. The molecule has 0 aliphatic carbocycles. The molecule has 1 aromatic carbocycles. The predicted molar refractivity (Wildman–Crippen MR) is 79.2 cm³/mol. The lowest BCUT2D eigenvalue weighted by molar-refractivity contribution is 0.0908. The fourth-order valence-electron chi connectivity index (χ4n) is 1.86. The van der Waals surface area contributed by atoms with Crippen LogP contribution in [0.25, 0.3) is 0 Å². The summed E-state index contributed by atoms with van der Waals surface area (Å²) in [6.07, 6.45) is 0.914. The lowest BCUT2D eigenvalue weighted by Crippen LogP contribution is -2.29. The van der Waals surface area contributed by atoms with Crippen LogP contribution in [0.15, 0.2) is 36.5 Å². The number of rotatable bonds is 4. The summed E-state index contributed by atoms with van der Waals surface area (Å²) in [5.74, 6) is -0.246. The first-order valence-electron chi connectivity index (χ1n) is 6.01. The van der Waals surface area contributed by atoms with Crippen LogP contribution in [0.1, 0.15) is 22.2 Å². The first kappa shape index (κ1) is 14.9. The molecule has 1 unspecified atom stereocenters. The first-order chi connectivity index (χ1) is 9.47. The molecule has 0 bridgehead atoms. The molecule has 1 amide bonds. The summed E-state index contributed by atoms with van der Waals surface area (Å²) in [7, 11) is 1.78. The fraction of sp³-hybridized carbons (Fsp3) is 0.214. The smallest absolute Gasteiger partial charge is 0.267 e. The number of aliphatic hydroxyl groups excluding tert-OH is 1. The van der Waals surface area contributed by atoms with Crippen molar-refractivity contribution in [3.8, 4) is 0 Å². The van der Waals surface area contributed by atoms with Gasteiger partial charge < -0.3 is 15.0 Å². The van der Waals surface area contributed by atoms with Gasteiger partial charge in [-0.15, -0.1) is 0 Å². The standard InChI is InChI=1S/C14H14Cl2N2O2/c1-18-4-2-3-12(18)14(20)17-8-13(19)9-5-10(15)7-11(16)6-9/h2-7,13,19H,8H2,1H3,(H,17,20). The van der Waals surface area contributed by atoms with Crippen LogP contribution >= 0.6 is 23.2 Å². The average Bonchev–Trinajstić information content (AvgIpc) is 2.80. The highest BCUT2D eigenvalue weighted by Crippen LogP contribution is 2.23. The number of nitrogens with zero attached hydrogens (tertiary/aromatic N) is 1. The van der Waals surface area contributed by atoms with Gasteiger partial charge in [-0.2, -0.15) is 0 Å². The number of aromatic nitrogens is 1. The maximum Gasteiger partial charge on any atom is 0.267 e. The van der Waals surface area contributed by atoms with E-state index in [9.17, 15) is 9.90 Å². The molecule has 0 radical (unpaired) electrons. The summed E-state index contributed by atoms with van der Waals surface area (Å²) >= 11 is 11.7. The minimum absolute atomic E-state index is 0.0840. The van der Waals surface area contributed by atoms with E-state index in [4.69, 9.17) is 23.2 Å². The van der Waals surface area contributed by atoms with Crippen molar-refractivity contribution < 1.29 is 9.90 Å². The highest BCUT2D eigenvalue weighted by molar-refractivity contribution is 6.34. The molecule has 0 saturated heterocycles. The number of halogens is 2. The molecule has 0 aliphatic rings. The Balaban J connectivity index is 2.00. The van der Waals surface area contributed by atoms with Crippen LogP contribution in [0.4, 0.5) is 0 Å². The van der Waals surface area contributed by atoms with E-state index < -0.39 is 6.10 Å². The number of amides is 1. The van der Waals surface area contributed by atoms with Crippen LogP contribution in [0.2, 0.25) is 10.0 Å². The van der Waals surface area contributed by atoms with Gasteiger partial charge >= 0.3 is 0 Å². The molecular formula is C14H14Cl2N2O2. The summed E-state index contributed by atoms with van der Waals surface area (Å²) in [5.41, 5.74) is 1.09. The predicted octanol–water partition coefficient (Wildman–Crippen LogP) is 2.80. The SMILES string of the molecule is Cn1cccc1C(=O)NCC(O)c1cc(Cl)cc(Cl)c1.